The van der Waals surface area contributed by atoms with Crippen LogP contribution in [0.3, 0.4) is 0 Å². The second kappa shape index (κ2) is 14.6. The molecule has 0 aromatic rings. The standard InChI is InChI=1S/C22H39NO5/c1-3-5-6-9-12-18(24)15-16-23-19(20(25)17-21(23)26)13-10-7-8-11-14-22(27)28-4-2/h18-19,24H,3-17H2,1-2H3. The molecule has 2 atom stereocenters. The van der Waals surface area contributed by atoms with Crippen molar-refractivity contribution in [3.63, 3.8) is 0 Å². The number of rotatable bonds is 16. The molecule has 162 valence electrons. The topological polar surface area (TPSA) is 83.9 Å². The zero-order valence-electron chi connectivity index (χ0n) is 17.8. The van der Waals surface area contributed by atoms with E-state index in [1.54, 1.807) is 11.8 Å². The Kier molecular flexibility index (Phi) is 12.8. The molecule has 1 aliphatic rings. The number of nitrogens with zero attached hydrogens (tertiary/aromatic N) is 1. The molecule has 1 N–H and O–H groups in total. The Balaban J connectivity index is 2.26. The van der Waals surface area contributed by atoms with Crippen LogP contribution in [0.4, 0.5) is 0 Å². The van der Waals surface area contributed by atoms with Crippen LogP contribution in [0.5, 0.6) is 0 Å². The van der Waals surface area contributed by atoms with Gasteiger partial charge < -0.3 is 14.7 Å². The van der Waals surface area contributed by atoms with Crippen molar-refractivity contribution in [2.75, 3.05) is 13.2 Å². The van der Waals surface area contributed by atoms with E-state index in [0.29, 0.717) is 32.4 Å². The van der Waals surface area contributed by atoms with Gasteiger partial charge in [0.2, 0.25) is 5.91 Å². The molecule has 0 spiro atoms. The molecule has 1 aliphatic heterocycles. The van der Waals surface area contributed by atoms with Crippen LogP contribution < -0.4 is 0 Å². The zero-order chi connectivity index (χ0) is 20.8. The average Bonchev–Trinajstić information content (AvgIpc) is 2.93. The van der Waals surface area contributed by atoms with E-state index in [2.05, 4.69) is 6.92 Å². The third-order valence-electron chi connectivity index (χ3n) is 5.40. The molecule has 1 heterocycles. The number of ketones is 1. The number of amides is 1. The van der Waals surface area contributed by atoms with Crippen LogP contribution in [-0.2, 0) is 19.1 Å². The summed E-state index contributed by atoms with van der Waals surface area (Å²) in [5.74, 6) is -0.247. The lowest BCUT2D eigenvalue weighted by molar-refractivity contribution is -0.143. The highest BCUT2D eigenvalue weighted by atomic mass is 16.5. The fraction of sp³-hybridized carbons (Fsp3) is 0.864. The first-order valence-corrected chi connectivity index (χ1v) is 11.1. The number of likely N-dealkylation sites (tertiary alicyclic amines) is 1. The highest BCUT2D eigenvalue weighted by Crippen LogP contribution is 2.22. The van der Waals surface area contributed by atoms with Crippen molar-refractivity contribution >= 4 is 17.7 Å². The second-order valence-electron chi connectivity index (χ2n) is 7.80. The van der Waals surface area contributed by atoms with Crippen LogP contribution in [0.15, 0.2) is 0 Å². The van der Waals surface area contributed by atoms with Crippen molar-refractivity contribution in [2.24, 2.45) is 0 Å². The van der Waals surface area contributed by atoms with Crippen molar-refractivity contribution in [1.29, 1.82) is 0 Å². The van der Waals surface area contributed by atoms with Crippen LogP contribution in [0.1, 0.15) is 97.3 Å². The van der Waals surface area contributed by atoms with E-state index < -0.39 is 6.10 Å². The summed E-state index contributed by atoms with van der Waals surface area (Å²) >= 11 is 0. The molecule has 1 rings (SSSR count). The van der Waals surface area contributed by atoms with Gasteiger partial charge in [-0.3, -0.25) is 14.4 Å². The van der Waals surface area contributed by atoms with Crippen molar-refractivity contribution < 1.29 is 24.2 Å². The molecule has 0 saturated carbocycles. The van der Waals surface area contributed by atoms with E-state index in [0.717, 1.165) is 44.9 Å². The van der Waals surface area contributed by atoms with Crippen molar-refractivity contribution in [3.05, 3.63) is 0 Å². The molecule has 0 radical (unpaired) electrons. The molecule has 0 aliphatic carbocycles. The molecule has 28 heavy (non-hydrogen) atoms. The number of Topliss-reactive ketones (excluding diaryl/α,β-unsaturated/α-hetero) is 1. The smallest absolute Gasteiger partial charge is 0.305 e. The molecule has 1 saturated heterocycles. The predicted molar refractivity (Wildman–Crippen MR) is 109 cm³/mol. The Morgan fingerprint density at radius 2 is 1.79 bits per heavy atom. The van der Waals surface area contributed by atoms with Gasteiger partial charge in [-0.25, -0.2) is 0 Å². The van der Waals surface area contributed by atoms with Crippen LogP contribution in [-0.4, -0.2) is 53.0 Å². The number of unbranched alkanes of at least 4 members (excludes halogenated alkanes) is 6. The van der Waals surface area contributed by atoms with Gasteiger partial charge in [-0.1, -0.05) is 51.9 Å². The molecule has 0 bridgehead atoms. The quantitative estimate of drug-likeness (QED) is 0.243. The number of esters is 1. The lowest BCUT2D eigenvalue weighted by Crippen LogP contribution is -2.37. The minimum Gasteiger partial charge on any atom is -0.466 e. The van der Waals surface area contributed by atoms with Gasteiger partial charge >= 0.3 is 5.97 Å². The minimum absolute atomic E-state index is 0.000119. The number of aliphatic hydroxyl groups is 1. The number of hydrogen-bond donors (Lipinski definition) is 1. The molecule has 6 nitrogen and oxygen atoms in total. The number of carbonyl (C=O) groups is 3. The Morgan fingerprint density at radius 1 is 1.07 bits per heavy atom. The second-order valence-corrected chi connectivity index (χ2v) is 7.80. The van der Waals surface area contributed by atoms with Crippen LogP contribution in [0.2, 0.25) is 0 Å². The normalized spacial score (nSPS) is 18.0. The summed E-state index contributed by atoms with van der Waals surface area (Å²) in [6.07, 6.45) is 10.0. The van der Waals surface area contributed by atoms with Crippen LogP contribution in [0.25, 0.3) is 0 Å². The van der Waals surface area contributed by atoms with Crippen molar-refractivity contribution in [2.45, 2.75) is 109 Å². The molecule has 0 aromatic carbocycles. The van der Waals surface area contributed by atoms with Crippen molar-refractivity contribution in [3.8, 4) is 0 Å². The van der Waals surface area contributed by atoms with Gasteiger partial charge in [-0.2, -0.15) is 0 Å². The van der Waals surface area contributed by atoms with E-state index in [9.17, 15) is 19.5 Å². The van der Waals surface area contributed by atoms with E-state index in [1.807, 2.05) is 0 Å². The first-order valence-electron chi connectivity index (χ1n) is 11.1. The molecular formula is C22H39NO5. The molecule has 2 unspecified atom stereocenters. The van der Waals surface area contributed by atoms with Gasteiger partial charge in [0, 0.05) is 13.0 Å². The summed E-state index contributed by atoms with van der Waals surface area (Å²) in [5, 5.41) is 10.1. The highest BCUT2D eigenvalue weighted by Gasteiger charge is 2.37. The van der Waals surface area contributed by atoms with Gasteiger partial charge in [0.05, 0.1) is 25.2 Å². The Morgan fingerprint density at radius 3 is 2.50 bits per heavy atom. The Bertz CT molecular complexity index is 480. The van der Waals surface area contributed by atoms with E-state index in [4.69, 9.17) is 4.74 Å². The number of hydrogen-bond acceptors (Lipinski definition) is 5. The Labute approximate surface area is 170 Å². The van der Waals surface area contributed by atoms with Crippen molar-refractivity contribution in [1.82, 2.24) is 4.90 Å². The largest absolute Gasteiger partial charge is 0.466 e. The van der Waals surface area contributed by atoms with Gasteiger partial charge in [-0.15, -0.1) is 0 Å². The number of carbonyl (C=O) groups excluding carboxylic acids is 3. The summed E-state index contributed by atoms with van der Waals surface area (Å²) in [5.41, 5.74) is 0. The molecule has 1 amide bonds. The molecule has 1 fully saturated rings. The van der Waals surface area contributed by atoms with Gasteiger partial charge in [-0.05, 0) is 32.6 Å². The van der Waals surface area contributed by atoms with Gasteiger partial charge in [0.25, 0.3) is 0 Å². The summed E-state index contributed by atoms with van der Waals surface area (Å²) < 4.78 is 4.90. The average molecular weight is 398 g/mol. The summed E-state index contributed by atoms with van der Waals surface area (Å²) in [6.45, 7) is 4.84. The first-order chi connectivity index (χ1) is 13.5. The maximum absolute atomic E-state index is 12.2. The molecule has 6 heteroatoms. The molecule has 0 aromatic heterocycles. The number of aliphatic hydroxyl groups excluding tert-OH is 1. The van der Waals surface area contributed by atoms with E-state index >= 15 is 0 Å². The monoisotopic (exact) mass is 397 g/mol. The van der Waals surface area contributed by atoms with Gasteiger partial charge in [0.1, 0.15) is 0 Å². The first kappa shape index (κ1) is 24.6. The highest BCUT2D eigenvalue weighted by molar-refractivity contribution is 6.07. The minimum atomic E-state index is -0.399. The lowest BCUT2D eigenvalue weighted by atomic mass is 10.0. The summed E-state index contributed by atoms with van der Waals surface area (Å²) in [4.78, 5) is 37.3. The van der Waals surface area contributed by atoms with Gasteiger partial charge in [0.15, 0.2) is 5.78 Å². The van der Waals surface area contributed by atoms with E-state index in [1.165, 1.54) is 12.8 Å². The van der Waals surface area contributed by atoms with Crippen LogP contribution in [0, 0.1) is 0 Å². The third-order valence-corrected chi connectivity index (χ3v) is 5.40. The summed E-state index contributed by atoms with van der Waals surface area (Å²) in [6, 6.07) is -0.329. The Hall–Kier alpha value is -1.43. The fourth-order valence-electron chi connectivity index (χ4n) is 3.75. The fourth-order valence-corrected chi connectivity index (χ4v) is 3.75. The maximum Gasteiger partial charge on any atom is 0.305 e. The maximum atomic E-state index is 12.2. The summed E-state index contributed by atoms with van der Waals surface area (Å²) in [7, 11) is 0. The zero-order valence-corrected chi connectivity index (χ0v) is 17.8. The lowest BCUT2D eigenvalue weighted by Gasteiger charge is -2.25. The SMILES string of the molecule is CCCCCCC(O)CCN1C(=O)CC(=O)C1CCCCCCC(=O)OCC. The van der Waals surface area contributed by atoms with E-state index in [-0.39, 0.29) is 30.1 Å². The predicted octanol–water partition coefficient (Wildman–Crippen LogP) is 3.78. The molecular weight excluding hydrogens is 358 g/mol. The number of ether oxygens (including phenoxy) is 1. The van der Waals surface area contributed by atoms with Crippen LogP contribution >= 0.6 is 0 Å². The third kappa shape index (κ3) is 9.67.